The molecule has 1 atom stereocenters. The summed E-state index contributed by atoms with van der Waals surface area (Å²) in [5.74, 6) is -0.724. The van der Waals surface area contributed by atoms with Gasteiger partial charge in [-0.05, 0) is 31.0 Å². The van der Waals surface area contributed by atoms with Crippen molar-refractivity contribution in [3.05, 3.63) is 71.2 Å². The molecule has 1 aliphatic heterocycles. The molecule has 0 aliphatic carbocycles. The molecule has 4 rings (SSSR count). The quantitative estimate of drug-likeness (QED) is 0.628. The first kappa shape index (κ1) is 19.9. The van der Waals surface area contributed by atoms with E-state index in [1.165, 1.54) is 6.07 Å². The number of aromatic nitrogens is 1. The molecule has 2 aromatic carbocycles. The van der Waals surface area contributed by atoms with Crippen LogP contribution in [-0.2, 0) is 16.0 Å². The summed E-state index contributed by atoms with van der Waals surface area (Å²) in [5, 5.41) is 3.87. The molecule has 7 heteroatoms. The molecule has 2 N–H and O–H groups in total. The van der Waals surface area contributed by atoms with Gasteiger partial charge in [0.1, 0.15) is 11.9 Å². The smallest absolute Gasteiger partial charge is 0.318 e. The molecule has 156 valence electrons. The zero-order chi connectivity index (χ0) is 21.1. The highest BCUT2D eigenvalue weighted by Crippen LogP contribution is 2.39. The van der Waals surface area contributed by atoms with Crippen LogP contribution < -0.4 is 5.32 Å². The van der Waals surface area contributed by atoms with Gasteiger partial charge in [0, 0.05) is 35.2 Å². The van der Waals surface area contributed by atoms with E-state index in [0.717, 1.165) is 22.2 Å². The largest absolute Gasteiger partial charge is 0.466 e. The third kappa shape index (κ3) is 3.75. The molecule has 2 amide bonds. The van der Waals surface area contributed by atoms with Crippen LogP contribution in [0.4, 0.5) is 9.18 Å². The Morgan fingerprint density at radius 3 is 2.77 bits per heavy atom. The van der Waals surface area contributed by atoms with E-state index in [4.69, 9.17) is 4.74 Å². The number of aromatic amines is 1. The Bertz CT molecular complexity index is 1080. The number of nitrogens with one attached hydrogen (secondary N) is 2. The third-order valence-electron chi connectivity index (χ3n) is 5.41. The van der Waals surface area contributed by atoms with Crippen molar-refractivity contribution >= 4 is 22.9 Å². The fourth-order valence-electron chi connectivity index (χ4n) is 4.09. The molecule has 2 heterocycles. The van der Waals surface area contributed by atoms with Crippen molar-refractivity contribution in [2.45, 2.75) is 25.8 Å². The van der Waals surface area contributed by atoms with Gasteiger partial charge in [0.05, 0.1) is 13.0 Å². The van der Waals surface area contributed by atoms with E-state index in [-0.39, 0.29) is 30.8 Å². The standard InChI is InChI=1S/C23H24FN3O3/c1-2-30-20(28)11-13-25-23(29)27-14-12-16-15-7-4-6-10-19(15)26-21(16)22(27)17-8-3-5-9-18(17)24/h3-10,22,26H,2,11-14H2,1H3,(H,25,29)/t22-/m1/s1. The van der Waals surface area contributed by atoms with Gasteiger partial charge in [-0.25, -0.2) is 9.18 Å². The number of nitrogens with zero attached hydrogens (tertiary/aromatic N) is 1. The molecule has 1 aliphatic rings. The Kier molecular flexibility index (Phi) is 5.70. The number of urea groups is 1. The second-order valence-electron chi connectivity index (χ2n) is 7.22. The summed E-state index contributed by atoms with van der Waals surface area (Å²) in [6, 6.07) is 13.5. The lowest BCUT2D eigenvalue weighted by molar-refractivity contribution is -0.142. The molecule has 0 unspecified atom stereocenters. The highest BCUT2D eigenvalue weighted by Gasteiger charge is 2.35. The number of H-pyrrole nitrogens is 1. The van der Waals surface area contributed by atoms with E-state index in [9.17, 15) is 14.0 Å². The molecule has 3 aromatic rings. The maximum Gasteiger partial charge on any atom is 0.318 e. The molecule has 0 saturated carbocycles. The Balaban J connectivity index is 1.66. The number of amides is 2. The van der Waals surface area contributed by atoms with Crippen LogP contribution in [0, 0.1) is 5.82 Å². The summed E-state index contributed by atoms with van der Waals surface area (Å²) in [4.78, 5) is 29.6. The SMILES string of the molecule is CCOC(=O)CCNC(=O)N1CCc2c([nH]c3ccccc23)[C@H]1c1ccccc1F. The highest BCUT2D eigenvalue weighted by atomic mass is 19.1. The number of benzene rings is 2. The molecule has 0 spiro atoms. The van der Waals surface area contributed by atoms with Crippen molar-refractivity contribution in [1.29, 1.82) is 0 Å². The van der Waals surface area contributed by atoms with Gasteiger partial charge in [-0.15, -0.1) is 0 Å². The summed E-state index contributed by atoms with van der Waals surface area (Å²) < 4.78 is 19.7. The highest BCUT2D eigenvalue weighted by molar-refractivity contribution is 5.86. The number of para-hydroxylation sites is 1. The van der Waals surface area contributed by atoms with E-state index >= 15 is 0 Å². The number of esters is 1. The van der Waals surface area contributed by atoms with Gasteiger partial charge < -0.3 is 19.9 Å². The van der Waals surface area contributed by atoms with Gasteiger partial charge >= 0.3 is 12.0 Å². The summed E-state index contributed by atoms with van der Waals surface area (Å²) >= 11 is 0. The number of hydrogen-bond donors (Lipinski definition) is 2. The van der Waals surface area contributed by atoms with Crippen molar-refractivity contribution in [2.24, 2.45) is 0 Å². The Labute approximate surface area is 174 Å². The zero-order valence-corrected chi connectivity index (χ0v) is 16.8. The molecule has 0 bridgehead atoms. The normalized spacial score (nSPS) is 15.7. The fourth-order valence-corrected chi connectivity index (χ4v) is 4.09. The number of ether oxygens (including phenoxy) is 1. The predicted molar refractivity (Wildman–Crippen MR) is 112 cm³/mol. The third-order valence-corrected chi connectivity index (χ3v) is 5.41. The van der Waals surface area contributed by atoms with Crippen molar-refractivity contribution in [3.63, 3.8) is 0 Å². The summed E-state index contributed by atoms with van der Waals surface area (Å²) in [5.41, 5.74) is 3.33. The van der Waals surface area contributed by atoms with Crippen LogP contribution in [0.1, 0.15) is 36.2 Å². The molecule has 30 heavy (non-hydrogen) atoms. The fraction of sp³-hybridized carbons (Fsp3) is 0.304. The lowest BCUT2D eigenvalue weighted by Crippen LogP contribution is -2.46. The lowest BCUT2D eigenvalue weighted by Gasteiger charge is -2.36. The number of hydrogen-bond acceptors (Lipinski definition) is 3. The monoisotopic (exact) mass is 409 g/mol. The van der Waals surface area contributed by atoms with Gasteiger partial charge in [-0.1, -0.05) is 36.4 Å². The first-order chi connectivity index (χ1) is 14.6. The topological polar surface area (TPSA) is 74.4 Å². The molecule has 0 saturated heterocycles. The van der Waals surface area contributed by atoms with Crippen LogP contribution in [0.25, 0.3) is 10.9 Å². The number of halogens is 1. The number of rotatable bonds is 5. The number of carbonyl (C=O) groups is 2. The summed E-state index contributed by atoms with van der Waals surface area (Å²) in [6.07, 6.45) is 0.755. The predicted octanol–water partition coefficient (Wildman–Crippen LogP) is 3.92. The van der Waals surface area contributed by atoms with Crippen molar-refractivity contribution < 1.29 is 18.7 Å². The van der Waals surface area contributed by atoms with Gasteiger partial charge in [0.15, 0.2) is 0 Å². The van der Waals surface area contributed by atoms with Crippen LogP contribution in [0.5, 0.6) is 0 Å². The van der Waals surface area contributed by atoms with Crippen LogP contribution in [-0.4, -0.2) is 41.6 Å². The maximum atomic E-state index is 14.8. The van der Waals surface area contributed by atoms with Crippen LogP contribution in [0.3, 0.4) is 0 Å². The van der Waals surface area contributed by atoms with Crippen molar-refractivity contribution in [1.82, 2.24) is 15.2 Å². The molecule has 0 fully saturated rings. The van der Waals surface area contributed by atoms with E-state index in [1.54, 1.807) is 30.0 Å². The Morgan fingerprint density at radius 2 is 1.97 bits per heavy atom. The first-order valence-electron chi connectivity index (χ1n) is 10.1. The minimum absolute atomic E-state index is 0.0927. The Hall–Kier alpha value is -3.35. The second kappa shape index (κ2) is 8.57. The van der Waals surface area contributed by atoms with Crippen LogP contribution >= 0.6 is 0 Å². The molecule has 1 aromatic heterocycles. The molecular formula is C23H24FN3O3. The summed E-state index contributed by atoms with van der Waals surface area (Å²) in [6.45, 7) is 2.65. The van der Waals surface area contributed by atoms with Gasteiger partial charge in [-0.2, -0.15) is 0 Å². The minimum Gasteiger partial charge on any atom is -0.466 e. The average molecular weight is 409 g/mol. The van der Waals surface area contributed by atoms with E-state index in [1.807, 2.05) is 24.3 Å². The maximum absolute atomic E-state index is 14.8. The number of fused-ring (bicyclic) bond motifs is 3. The van der Waals surface area contributed by atoms with Gasteiger partial charge in [-0.3, -0.25) is 4.79 Å². The number of carbonyl (C=O) groups excluding carboxylic acids is 2. The van der Waals surface area contributed by atoms with Gasteiger partial charge in [0.25, 0.3) is 0 Å². The average Bonchev–Trinajstić information content (AvgIpc) is 3.12. The van der Waals surface area contributed by atoms with E-state index in [0.29, 0.717) is 25.1 Å². The first-order valence-corrected chi connectivity index (χ1v) is 10.1. The molecule has 0 radical (unpaired) electrons. The zero-order valence-electron chi connectivity index (χ0n) is 16.8. The van der Waals surface area contributed by atoms with Gasteiger partial charge in [0.2, 0.25) is 0 Å². The molecular weight excluding hydrogens is 385 g/mol. The minimum atomic E-state index is -0.579. The van der Waals surface area contributed by atoms with Crippen molar-refractivity contribution in [3.8, 4) is 0 Å². The summed E-state index contributed by atoms with van der Waals surface area (Å²) in [7, 11) is 0. The van der Waals surface area contributed by atoms with E-state index < -0.39 is 6.04 Å². The van der Waals surface area contributed by atoms with Crippen LogP contribution in [0.15, 0.2) is 48.5 Å². The molecule has 6 nitrogen and oxygen atoms in total. The lowest BCUT2D eigenvalue weighted by atomic mass is 9.92. The second-order valence-corrected chi connectivity index (χ2v) is 7.22. The van der Waals surface area contributed by atoms with Crippen LogP contribution in [0.2, 0.25) is 0 Å². The van der Waals surface area contributed by atoms with E-state index in [2.05, 4.69) is 10.3 Å². The Morgan fingerprint density at radius 1 is 1.20 bits per heavy atom. The van der Waals surface area contributed by atoms with Crippen molar-refractivity contribution in [2.75, 3.05) is 19.7 Å².